The van der Waals surface area contributed by atoms with E-state index in [4.69, 9.17) is 4.74 Å². The third kappa shape index (κ3) is 9.83. The monoisotopic (exact) mass is 248 g/mol. The van der Waals surface area contributed by atoms with E-state index in [0.717, 1.165) is 0 Å². The standard InChI is InChI=1S/C11H20O4S/c1-11(2,3)15-10(13)6-8-16-7-5-9(12)14-4/h5-8H2,1-4H3. The summed E-state index contributed by atoms with van der Waals surface area (Å²) >= 11 is 1.55. The fraction of sp³-hybridized carbons (Fsp3) is 0.818. The Bertz CT molecular complexity index is 233. The van der Waals surface area contributed by atoms with Crippen molar-refractivity contribution in [2.45, 2.75) is 39.2 Å². The second-order valence-electron chi connectivity index (χ2n) is 4.27. The van der Waals surface area contributed by atoms with E-state index in [1.54, 1.807) is 11.8 Å². The number of hydrogen-bond acceptors (Lipinski definition) is 5. The molecule has 0 fully saturated rings. The molecule has 0 radical (unpaired) electrons. The zero-order chi connectivity index (χ0) is 12.6. The van der Waals surface area contributed by atoms with Gasteiger partial charge in [0.25, 0.3) is 0 Å². The lowest BCUT2D eigenvalue weighted by molar-refractivity contribution is -0.154. The third-order valence-electron chi connectivity index (χ3n) is 1.55. The predicted octanol–water partition coefficient (Wildman–Crippen LogP) is 2.01. The van der Waals surface area contributed by atoms with E-state index in [-0.39, 0.29) is 11.9 Å². The van der Waals surface area contributed by atoms with Gasteiger partial charge in [0.15, 0.2) is 0 Å². The molecule has 0 heterocycles. The van der Waals surface area contributed by atoms with Gasteiger partial charge in [0.2, 0.25) is 0 Å². The lowest BCUT2D eigenvalue weighted by Gasteiger charge is -2.19. The van der Waals surface area contributed by atoms with Crippen molar-refractivity contribution in [1.82, 2.24) is 0 Å². The van der Waals surface area contributed by atoms with Gasteiger partial charge in [-0.2, -0.15) is 11.8 Å². The molecule has 0 unspecified atom stereocenters. The largest absolute Gasteiger partial charge is 0.469 e. The third-order valence-corrected chi connectivity index (χ3v) is 2.53. The molecule has 0 aromatic heterocycles. The van der Waals surface area contributed by atoms with Gasteiger partial charge < -0.3 is 9.47 Å². The summed E-state index contributed by atoms with van der Waals surface area (Å²) in [6.07, 6.45) is 0.762. The minimum absolute atomic E-state index is 0.196. The van der Waals surface area contributed by atoms with Gasteiger partial charge >= 0.3 is 11.9 Å². The average molecular weight is 248 g/mol. The van der Waals surface area contributed by atoms with E-state index in [1.165, 1.54) is 7.11 Å². The van der Waals surface area contributed by atoms with Gasteiger partial charge in [-0.3, -0.25) is 9.59 Å². The summed E-state index contributed by atoms with van der Waals surface area (Å²) in [6.45, 7) is 5.53. The van der Waals surface area contributed by atoms with Crippen molar-refractivity contribution in [3.63, 3.8) is 0 Å². The Labute approximate surface area is 101 Å². The molecule has 0 rings (SSSR count). The number of carbonyl (C=O) groups is 2. The summed E-state index contributed by atoms with van der Waals surface area (Å²) in [4.78, 5) is 22.1. The fourth-order valence-corrected chi connectivity index (χ4v) is 1.73. The molecular weight excluding hydrogens is 228 g/mol. The predicted molar refractivity (Wildman–Crippen MR) is 64.4 cm³/mol. The fourth-order valence-electron chi connectivity index (χ4n) is 0.908. The van der Waals surface area contributed by atoms with E-state index >= 15 is 0 Å². The van der Waals surface area contributed by atoms with Crippen molar-refractivity contribution in [1.29, 1.82) is 0 Å². The van der Waals surface area contributed by atoms with Crippen LogP contribution >= 0.6 is 11.8 Å². The zero-order valence-corrected chi connectivity index (χ0v) is 11.2. The van der Waals surface area contributed by atoms with E-state index in [2.05, 4.69) is 4.74 Å². The average Bonchev–Trinajstić information content (AvgIpc) is 2.14. The quantitative estimate of drug-likeness (QED) is 0.531. The van der Waals surface area contributed by atoms with Crippen LogP contribution < -0.4 is 0 Å². The van der Waals surface area contributed by atoms with Crippen LogP contribution in [0.4, 0.5) is 0 Å². The number of thioether (sulfide) groups is 1. The van der Waals surface area contributed by atoms with Crippen molar-refractivity contribution in [2.75, 3.05) is 18.6 Å². The van der Waals surface area contributed by atoms with Crippen molar-refractivity contribution in [3.05, 3.63) is 0 Å². The summed E-state index contributed by atoms with van der Waals surface area (Å²) in [5.74, 6) is 0.935. The number of ether oxygens (including phenoxy) is 2. The summed E-state index contributed by atoms with van der Waals surface area (Å²) in [6, 6.07) is 0. The summed E-state index contributed by atoms with van der Waals surface area (Å²) in [5, 5.41) is 0. The van der Waals surface area contributed by atoms with Crippen LogP contribution in [0.15, 0.2) is 0 Å². The molecule has 0 spiro atoms. The van der Waals surface area contributed by atoms with Crippen LogP contribution in [0.2, 0.25) is 0 Å². The van der Waals surface area contributed by atoms with Crippen LogP contribution in [0.5, 0.6) is 0 Å². The first-order valence-electron chi connectivity index (χ1n) is 5.21. The maximum Gasteiger partial charge on any atom is 0.307 e. The van der Waals surface area contributed by atoms with Gasteiger partial charge in [0.05, 0.1) is 20.0 Å². The zero-order valence-electron chi connectivity index (χ0n) is 10.4. The van der Waals surface area contributed by atoms with Gasteiger partial charge in [0.1, 0.15) is 5.60 Å². The van der Waals surface area contributed by atoms with Crippen LogP contribution in [0.1, 0.15) is 33.6 Å². The lowest BCUT2D eigenvalue weighted by Crippen LogP contribution is -2.24. The molecule has 0 bridgehead atoms. The Morgan fingerprint density at radius 2 is 1.56 bits per heavy atom. The van der Waals surface area contributed by atoms with Crippen LogP contribution in [0.25, 0.3) is 0 Å². The highest BCUT2D eigenvalue weighted by molar-refractivity contribution is 7.99. The molecule has 0 aromatic rings. The molecule has 0 saturated heterocycles. The van der Waals surface area contributed by atoms with Gasteiger partial charge in [-0.1, -0.05) is 0 Å². The Kier molecular flexibility index (Phi) is 7.21. The summed E-state index contributed by atoms with van der Waals surface area (Å²) < 4.78 is 9.64. The van der Waals surface area contributed by atoms with Crippen molar-refractivity contribution in [2.24, 2.45) is 0 Å². The maximum atomic E-state index is 11.3. The molecule has 4 nitrogen and oxygen atoms in total. The SMILES string of the molecule is COC(=O)CCSCCC(=O)OC(C)(C)C. The highest BCUT2D eigenvalue weighted by Gasteiger charge is 2.15. The maximum absolute atomic E-state index is 11.3. The Morgan fingerprint density at radius 3 is 2.00 bits per heavy atom. The second kappa shape index (κ2) is 7.54. The van der Waals surface area contributed by atoms with Crippen molar-refractivity contribution < 1.29 is 19.1 Å². The molecule has 16 heavy (non-hydrogen) atoms. The molecule has 0 amide bonds. The molecule has 5 heteroatoms. The van der Waals surface area contributed by atoms with E-state index in [9.17, 15) is 9.59 Å². The molecule has 0 aliphatic rings. The normalized spacial score (nSPS) is 11.0. The van der Waals surface area contributed by atoms with Crippen LogP contribution in [0, 0.1) is 0 Å². The topological polar surface area (TPSA) is 52.6 Å². The molecule has 0 aliphatic heterocycles. The van der Waals surface area contributed by atoms with Gasteiger partial charge in [0, 0.05) is 11.5 Å². The number of hydrogen-bond donors (Lipinski definition) is 0. The minimum Gasteiger partial charge on any atom is -0.469 e. The lowest BCUT2D eigenvalue weighted by atomic mass is 10.2. The number of carbonyl (C=O) groups excluding carboxylic acids is 2. The molecule has 0 aromatic carbocycles. The molecule has 0 saturated carbocycles. The van der Waals surface area contributed by atoms with Gasteiger partial charge in [-0.25, -0.2) is 0 Å². The summed E-state index contributed by atoms with van der Waals surface area (Å²) in [7, 11) is 1.37. The Morgan fingerprint density at radius 1 is 1.06 bits per heavy atom. The molecule has 0 aliphatic carbocycles. The molecule has 0 atom stereocenters. The first kappa shape index (κ1) is 15.3. The molecular formula is C11H20O4S. The van der Waals surface area contributed by atoms with E-state index < -0.39 is 5.60 Å². The molecule has 0 N–H and O–H groups in total. The Hall–Kier alpha value is -0.710. The van der Waals surface area contributed by atoms with Gasteiger partial charge in [-0.15, -0.1) is 0 Å². The second-order valence-corrected chi connectivity index (χ2v) is 5.50. The molecule has 94 valence electrons. The first-order valence-corrected chi connectivity index (χ1v) is 6.37. The highest BCUT2D eigenvalue weighted by Crippen LogP contribution is 2.11. The number of methoxy groups -OCH3 is 1. The van der Waals surface area contributed by atoms with Crippen LogP contribution in [-0.2, 0) is 19.1 Å². The summed E-state index contributed by atoms with van der Waals surface area (Å²) in [5.41, 5.74) is -0.423. The first-order chi connectivity index (χ1) is 7.35. The minimum atomic E-state index is -0.423. The number of rotatable bonds is 6. The van der Waals surface area contributed by atoms with Crippen molar-refractivity contribution in [3.8, 4) is 0 Å². The highest BCUT2D eigenvalue weighted by atomic mass is 32.2. The van der Waals surface area contributed by atoms with E-state index in [0.29, 0.717) is 24.3 Å². The Balaban J connectivity index is 3.45. The number of esters is 2. The van der Waals surface area contributed by atoms with E-state index in [1.807, 2.05) is 20.8 Å². The van der Waals surface area contributed by atoms with Crippen molar-refractivity contribution >= 4 is 23.7 Å². The van der Waals surface area contributed by atoms with Crippen LogP contribution in [-0.4, -0.2) is 36.2 Å². The smallest absolute Gasteiger partial charge is 0.307 e. The van der Waals surface area contributed by atoms with Crippen LogP contribution in [0.3, 0.4) is 0 Å². The van der Waals surface area contributed by atoms with Gasteiger partial charge in [-0.05, 0) is 20.8 Å².